The highest BCUT2D eigenvalue weighted by molar-refractivity contribution is 5.78. The summed E-state index contributed by atoms with van der Waals surface area (Å²) in [7, 11) is 4.53. The summed E-state index contributed by atoms with van der Waals surface area (Å²) in [6.07, 6.45) is 5.40. The van der Waals surface area contributed by atoms with E-state index in [4.69, 9.17) is 19.2 Å². The minimum atomic E-state index is -0.453. The van der Waals surface area contributed by atoms with Crippen LogP contribution in [0.15, 0.2) is 43.0 Å². The van der Waals surface area contributed by atoms with Crippen LogP contribution in [0.25, 0.3) is 5.95 Å². The molecule has 202 valence electrons. The first-order valence-electron chi connectivity index (χ1n) is 12.3. The van der Waals surface area contributed by atoms with E-state index in [9.17, 15) is 9.59 Å². The van der Waals surface area contributed by atoms with E-state index < -0.39 is 6.09 Å². The molecule has 3 aromatic rings. The summed E-state index contributed by atoms with van der Waals surface area (Å²) >= 11 is 0. The number of hydrogen-bond acceptors (Lipinski definition) is 9. The molecule has 3 heterocycles. The number of piperazine rings is 1. The van der Waals surface area contributed by atoms with Crippen LogP contribution >= 0.6 is 0 Å². The van der Waals surface area contributed by atoms with Crippen LogP contribution in [0.5, 0.6) is 11.5 Å². The molecule has 1 atom stereocenters. The molecule has 0 spiro atoms. The van der Waals surface area contributed by atoms with Gasteiger partial charge < -0.3 is 29.3 Å². The lowest BCUT2D eigenvalue weighted by Gasteiger charge is -2.41. The van der Waals surface area contributed by atoms with E-state index >= 15 is 0 Å². The van der Waals surface area contributed by atoms with Crippen LogP contribution < -0.4 is 19.7 Å². The standard InChI is InChI=1S/C26H33N7O5/c1-18-13-23(30-25(29-18)32-10-9-27-17-32)31-11-12-33(26(35)38-4)20(16-31)15-24(34)28-8-7-19-5-6-21(36-2)22(14-19)37-3/h5-6,9-10,13-14,17,20H,7-8,11-12,15-16H2,1-4H3,(H,28,34). The van der Waals surface area contributed by atoms with Gasteiger partial charge in [0.05, 0.1) is 27.4 Å². The lowest BCUT2D eigenvalue weighted by Crippen LogP contribution is -2.56. The molecule has 0 saturated carbocycles. The smallest absolute Gasteiger partial charge is 0.409 e. The fourth-order valence-electron chi connectivity index (χ4n) is 4.46. The molecule has 2 aromatic heterocycles. The number of amides is 2. The van der Waals surface area contributed by atoms with Crippen molar-refractivity contribution in [3.05, 3.63) is 54.2 Å². The van der Waals surface area contributed by atoms with Crippen molar-refractivity contribution in [1.82, 2.24) is 29.7 Å². The number of hydrogen-bond donors (Lipinski definition) is 1. The third-order valence-corrected chi connectivity index (χ3v) is 6.38. The number of rotatable bonds is 9. The molecule has 1 saturated heterocycles. The maximum absolute atomic E-state index is 12.9. The summed E-state index contributed by atoms with van der Waals surface area (Å²) in [5, 5.41) is 2.97. The molecular weight excluding hydrogens is 490 g/mol. The van der Waals surface area contributed by atoms with Crippen LogP contribution in [0.2, 0.25) is 0 Å². The maximum Gasteiger partial charge on any atom is 0.409 e. The Balaban J connectivity index is 1.41. The number of carbonyl (C=O) groups is 2. The Bertz CT molecular complexity index is 1250. The lowest BCUT2D eigenvalue weighted by atomic mass is 10.1. The molecule has 0 bridgehead atoms. The zero-order chi connectivity index (χ0) is 27.1. The highest BCUT2D eigenvalue weighted by Gasteiger charge is 2.33. The highest BCUT2D eigenvalue weighted by atomic mass is 16.5. The van der Waals surface area contributed by atoms with Gasteiger partial charge in [-0.05, 0) is 31.0 Å². The largest absolute Gasteiger partial charge is 0.493 e. The Morgan fingerprint density at radius 1 is 1.08 bits per heavy atom. The summed E-state index contributed by atoms with van der Waals surface area (Å²) < 4.78 is 17.4. The molecule has 1 aromatic carbocycles. The van der Waals surface area contributed by atoms with Crippen molar-refractivity contribution < 1.29 is 23.8 Å². The second-order valence-corrected chi connectivity index (χ2v) is 8.89. The van der Waals surface area contributed by atoms with Gasteiger partial charge in [-0.1, -0.05) is 6.07 Å². The Kier molecular flexibility index (Phi) is 8.62. The van der Waals surface area contributed by atoms with Crippen molar-refractivity contribution in [3.8, 4) is 17.4 Å². The van der Waals surface area contributed by atoms with Gasteiger partial charge >= 0.3 is 6.09 Å². The van der Waals surface area contributed by atoms with Gasteiger partial charge in [-0.3, -0.25) is 9.36 Å². The molecule has 2 amide bonds. The third-order valence-electron chi connectivity index (χ3n) is 6.38. The number of ether oxygens (including phenoxy) is 3. The van der Waals surface area contributed by atoms with Gasteiger partial charge in [0.25, 0.3) is 0 Å². The van der Waals surface area contributed by atoms with Gasteiger partial charge in [0.1, 0.15) is 12.1 Å². The van der Waals surface area contributed by atoms with Crippen LogP contribution in [-0.4, -0.2) is 90.0 Å². The number of carbonyl (C=O) groups excluding carboxylic acids is 2. The van der Waals surface area contributed by atoms with Crippen molar-refractivity contribution >= 4 is 17.8 Å². The predicted octanol–water partition coefficient (Wildman–Crippen LogP) is 1.99. The van der Waals surface area contributed by atoms with E-state index in [1.165, 1.54) is 7.11 Å². The average Bonchev–Trinajstić information content (AvgIpc) is 3.47. The van der Waals surface area contributed by atoms with Crippen molar-refractivity contribution in [3.63, 3.8) is 0 Å². The number of benzene rings is 1. The number of aryl methyl sites for hydroxylation is 1. The molecule has 1 aliphatic heterocycles. The molecular formula is C26H33N7O5. The summed E-state index contributed by atoms with van der Waals surface area (Å²) in [4.78, 5) is 42.3. The molecule has 0 aliphatic carbocycles. The van der Waals surface area contributed by atoms with Crippen LogP contribution in [0.1, 0.15) is 17.7 Å². The Labute approximate surface area is 221 Å². The first kappa shape index (κ1) is 26.7. The van der Waals surface area contributed by atoms with Gasteiger partial charge in [0.2, 0.25) is 11.9 Å². The van der Waals surface area contributed by atoms with Gasteiger partial charge in [-0.25, -0.2) is 14.8 Å². The van der Waals surface area contributed by atoms with Gasteiger partial charge in [-0.15, -0.1) is 0 Å². The number of aromatic nitrogens is 4. The molecule has 1 aliphatic rings. The van der Waals surface area contributed by atoms with Gasteiger partial charge in [0, 0.05) is 56.8 Å². The van der Waals surface area contributed by atoms with E-state index in [1.807, 2.05) is 31.2 Å². The summed E-state index contributed by atoms with van der Waals surface area (Å²) in [6.45, 7) is 3.73. The highest BCUT2D eigenvalue weighted by Crippen LogP contribution is 2.27. The van der Waals surface area contributed by atoms with Crippen molar-refractivity contribution in [1.29, 1.82) is 0 Å². The second kappa shape index (κ2) is 12.3. The fraction of sp³-hybridized carbons (Fsp3) is 0.423. The third kappa shape index (κ3) is 6.31. The summed E-state index contributed by atoms with van der Waals surface area (Å²) in [5.41, 5.74) is 1.81. The lowest BCUT2D eigenvalue weighted by molar-refractivity contribution is -0.122. The molecule has 1 fully saturated rings. The second-order valence-electron chi connectivity index (χ2n) is 8.89. The van der Waals surface area contributed by atoms with Crippen molar-refractivity contribution in [2.45, 2.75) is 25.8 Å². The van der Waals surface area contributed by atoms with Crippen LogP contribution in [-0.2, 0) is 16.0 Å². The number of imidazole rings is 1. The molecule has 12 heteroatoms. The normalized spacial score (nSPS) is 15.2. The molecule has 0 radical (unpaired) electrons. The van der Waals surface area contributed by atoms with Gasteiger partial charge in [-0.2, -0.15) is 4.98 Å². The quantitative estimate of drug-likeness (QED) is 0.448. The fourth-order valence-corrected chi connectivity index (χ4v) is 4.46. The minimum Gasteiger partial charge on any atom is -0.493 e. The van der Waals surface area contributed by atoms with Crippen LogP contribution in [0, 0.1) is 6.92 Å². The molecule has 1 unspecified atom stereocenters. The zero-order valence-corrected chi connectivity index (χ0v) is 22.1. The summed E-state index contributed by atoms with van der Waals surface area (Å²) in [6, 6.07) is 7.18. The molecule has 1 N–H and O–H groups in total. The van der Waals surface area contributed by atoms with E-state index in [0.717, 1.165) is 17.1 Å². The molecule has 38 heavy (non-hydrogen) atoms. The van der Waals surface area contributed by atoms with E-state index in [1.54, 1.807) is 42.4 Å². The van der Waals surface area contributed by atoms with Crippen LogP contribution in [0.4, 0.5) is 10.6 Å². The Morgan fingerprint density at radius 2 is 1.89 bits per heavy atom. The van der Waals surface area contributed by atoms with E-state index in [2.05, 4.69) is 20.2 Å². The topological polar surface area (TPSA) is 124 Å². The van der Waals surface area contributed by atoms with E-state index in [0.29, 0.717) is 50.0 Å². The van der Waals surface area contributed by atoms with Gasteiger partial charge in [0.15, 0.2) is 11.5 Å². The first-order chi connectivity index (χ1) is 18.4. The number of nitrogens with one attached hydrogen (secondary N) is 1. The molecule has 12 nitrogen and oxygen atoms in total. The number of nitrogens with zero attached hydrogens (tertiary/aromatic N) is 6. The first-order valence-corrected chi connectivity index (χ1v) is 12.3. The SMILES string of the molecule is COC(=O)N1CCN(c2cc(C)nc(-n3ccnc3)n2)CC1CC(=O)NCCc1ccc(OC)c(OC)c1. The summed E-state index contributed by atoms with van der Waals surface area (Å²) in [5.74, 6) is 2.38. The average molecular weight is 524 g/mol. The van der Waals surface area contributed by atoms with Crippen molar-refractivity contribution in [2.75, 3.05) is 52.4 Å². The Hall–Kier alpha value is -4.35. The Morgan fingerprint density at radius 3 is 2.61 bits per heavy atom. The van der Waals surface area contributed by atoms with Crippen LogP contribution in [0.3, 0.4) is 0 Å². The monoisotopic (exact) mass is 523 g/mol. The molecule has 4 rings (SSSR count). The maximum atomic E-state index is 12.9. The predicted molar refractivity (Wildman–Crippen MR) is 140 cm³/mol. The number of anilines is 1. The van der Waals surface area contributed by atoms with Crippen molar-refractivity contribution in [2.24, 2.45) is 0 Å². The number of methoxy groups -OCH3 is 3. The zero-order valence-electron chi connectivity index (χ0n) is 22.1. The van der Waals surface area contributed by atoms with E-state index in [-0.39, 0.29) is 18.4 Å². The minimum absolute atomic E-state index is 0.135.